The van der Waals surface area contributed by atoms with Crippen molar-refractivity contribution < 1.29 is 14.6 Å². The quantitative estimate of drug-likeness (QED) is 0.623. The van der Waals surface area contributed by atoms with E-state index in [9.17, 15) is 0 Å². The predicted octanol–water partition coefficient (Wildman–Crippen LogP) is 0.542. The summed E-state index contributed by atoms with van der Waals surface area (Å²) in [6.45, 7) is 2.73. The largest absolute Gasteiger partial charge is 0.396 e. The van der Waals surface area contributed by atoms with E-state index in [0.29, 0.717) is 12.7 Å². The first-order chi connectivity index (χ1) is 7.36. The Morgan fingerprint density at radius 2 is 2.47 bits per heavy atom. The van der Waals surface area contributed by atoms with Crippen LogP contribution >= 0.6 is 0 Å². The van der Waals surface area contributed by atoms with Crippen LogP contribution in [-0.4, -0.2) is 50.7 Å². The minimum atomic E-state index is 0.209. The van der Waals surface area contributed by atoms with Crippen LogP contribution in [0.2, 0.25) is 0 Å². The first-order valence-electron chi connectivity index (χ1n) is 5.81. The molecule has 0 spiro atoms. The van der Waals surface area contributed by atoms with E-state index in [4.69, 9.17) is 14.6 Å². The number of ether oxygens (including phenoxy) is 2. The predicted molar refractivity (Wildman–Crippen MR) is 59.0 cm³/mol. The standard InChI is InChI=1S/C11H23NO3/c1-14-9-10(5-7-13)12-6-4-11-3-2-8-15-11/h10-13H,2-9H2,1H3. The van der Waals surface area contributed by atoms with E-state index < -0.39 is 0 Å². The van der Waals surface area contributed by atoms with Crippen LogP contribution in [0.1, 0.15) is 25.7 Å². The summed E-state index contributed by atoms with van der Waals surface area (Å²) in [6.07, 6.45) is 4.64. The van der Waals surface area contributed by atoms with Crippen LogP contribution in [0.15, 0.2) is 0 Å². The zero-order valence-electron chi connectivity index (χ0n) is 9.58. The molecule has 1 rings (SSSR count). The Bertz CT molecular complexity index is 143. The lowest BCUT2D eigenvalue weighted by Gasteiger charge is -2.18. The molecule has 2 atom stereocenters. The highest BCUT2D eigenvalue weighted by atomic mass is 16.5. The topological polar surface area (TPSA) is 50.7 Å². The number of nitrogens with one attached hydrogen (secondary N) is 1. The maximum atomic E-state index is 8.85. The van der Waals surface area contributed by atoms with E-state index in [1.807, 2.05) is 0 Å². The molecule has 0 aliphatic carbocycles. The van der Waals surface area contributed by atoms with E-state index in [-0.39, 0.29) is 12.6 Å². The molecule has 1 aliphatic rings. The van der Waals surface area contributed by atoms with Crippen molar-refractivity contribution in [2.24, 2.45) is 0 Å². The van der Waals surface area contributed by atoms with Gasteiger partial charge in [-0.25, -0.2) is 0 Å². The molecule has 0 amide bonds. The molecule has 2 N–H and O–H groups in total. The van der Waals surface area contributed by atoms with Gasteiger partial charge in [-0.2, -0.15) is 0 Å². The third kappa shape index (κ3) is 5.47. The van der Waals surface area contributed by atoms with Gasteiger partial charge in [0.05, 0.1) is 12.7 Å². The number of methoxy groups -OCH3 is 1. The normalized spacial score (nSPS) is 23.2. The molecular weight excluding hydrogens is 194 g/mol. The maximum Gasteiger partial charge on any atom is 0.0616 e. The van der Waals surface area contributed by atoms with Crippen molar-refractivity contribution in [2.75, 3.05) is 33.5 Å². The Morgan fingerprint density at radius 3 is 3.07 bits per heavy atom. The van der Waals surface area contributed by atoms with Crippen LogP contribution in [0.4, 0.5) is 0 Å². The minimum absolute atomic E-state index is 0.209. The van der Waals surface area contributed by atoms with Crippen LogP contribution in [0, 0.1) is 0 Å². The van der Waals surface area contributed by atoms with E-state index in [1.54, 1.807) is 7.11 Å². The fourth-order valence-corrected chi connectivity index (χ4v) is 1.92. The molecule has 0 aromatic heterocycles. The monoisotopic (exact) mass is 217 g/mol. The first-order valence-corrected chi connectivity index (χ1v) is 5.81. The zero-order chi connectivity index (χ0) is 10.9. The summed E-state index contributed by atoms with van der Waals surface area (Å²) in [4.78, 5) is 0. The highest BCUT2D eigenvalue weighted by molar-refractivity contribution is 4.70. The molecule has 0 bridgehead atoms. The molecule has 4 nitrogen and oxygen atoms in total. The Balaban J connectivity index is 2.04. The van der Waals surface area contributed by atoms with Gasteiger partial charge in [0.1, 0.15) is 0 Å². The average Bonchev–Trinajstić information content (AvgIpc) is 2.71. The molecule has 0 radical (unpaired) electrons. The van der Waals surface area contributed by atoms with Gasteiger partial charge in [0.25, 0.3) is 0 Å². The molecule has 4 heteroatoms. The lowest BCUT2D eigenvalue weighted by Crippen LogP contribution is -2.35. The van der Waals surface area contributed by atoms with E-state index in [0.717, 1.165) is 26.0 Å². The number of aliphatic hydroxyl groups is 1. The van der Waals surface area contributed by atoms with Gasteiger partial charge < -0.3 is 19.9 Å². The van der Waals surface area contributed by atoms with E-state index >= 15 is 0 Å². The molecule has 15 heavy (non-hydrogen) atoms. The van der Waals surface area contributed by atoms with Crippen molar-refractivity contribution in [2.45, 2.75) is 37.8 Å². The van der Waals surface area contributed by atoms with Crippen molar-refractivity contribution in [1.82, 2.24) is 5.32 Å². The van der Waals surface area contributed by atoms with Crippen molar-refractivity contribution in [3.8, 4) is 0 Å². The Morgan fingerprint density at radius 1 is 1.60 bits per heavy atom. The van der Waals surface area contributed by atoms with Crippen molar-refractivity contribution in [3.05, 3.63) is 0 Å². The summed E-state index contributed by atoms with van der Waals surface area (Å²) >= 11 is 0. The highest BCUT2D eigenvalue weighted by Gasteiger charge is 2.15. The van der Waals surface area contributed by atoms with Gasteiger partial charge in [0.15, 0.2) is 0 Å². The van der Waals surface area contributed by atoms with E-state index in [2.05, 4.69) is 5.32 Å². The molecule has 1 heterocycles. The maximum absolute atomic E-state index is 8.85. The zero-order valence-corrected chi connectivity index (χ0v) is 9.58. The second kappa shape index (κ2) is 8.05. The fourth-order valence-electron chi connectivity index (χ4n) is 1.92. The molecule has 1 aliphatic heterocycles. The summed E-state index contributed by atoms with van der Waals surface area (Å²) in [6, 6.07) is 0.265. The summed E-state index contributed by atoms with van der Waals surface area (Å²) < 4.78 is 10.6. The second-order valence-electron chi connectivity index (χ2n) is 4.04. The van der Waals surface area contributed by atoms with Gasteiger partial charge in [-0.15, -0.1) is 0 Å². The van der Waals surface area contributed by atoms with Gasteiger partial charge in [0.2, 0.25) is 0 Å². The molecule has 90 valence electrons. The fraction of sp³-hybridized carbons (Fsp3) is 1.00. The van der Waals surface area contributed by atoms with Crippen LogP contribution < -0.4 is 5.32 Å². The van der Waals surface area contributed by atoms with Gasteiger partial charge in [-0.05, 0) is 32.2 Å². The van der Waals surface area contributed by atoms with Gasteiger partial charge >= 0.3 is 0 Å². The van der Waals surface area contributed by atoms with Gasteiger partial charge in [0, 0.05) is 26.4 Å². The summed E-state index contributed by atoms with van der Waals surface area (Å²) in [5.74, 6) is 0. The molecule has 1 saturated heterocycles. The number of hydrogen-bond acceptors (Lipinski definition) is 4. The molecule has 2 unspecified atom stereocenters. The van der Waals surface area contributed by atoms with Gasteiger partial charge in [-0.1, -0.05) is 0 Å². The minimum Gasteiger partial charge on any atom is -0.396 e. The molecule has 1 fully saturated rings. The number of aliphatic hydroxyl groups excluding tert-OH is 1. The first kappa shape index (κ1) is 12.9. The number of hydrogen-bond donors (Lipinski definition) is 2. The molecule has 0 aromatic rings. The third-order valence-corrected chi connectivity index (χ3v) is 2.77. The van der Waals surface area contributed by atoms with Crippen molar-refractivity contribution in [1.29, 1.82) is 0 Å². The molecule has 0 saturated carbocycles. The summed E-state index contributed by atoms with van der Waals surface area (Å²) in [7, 11) is 1.69. The van der Waals surface area contributed by atoms with Crippen molar-refractivity contribution in [3.63, 3.8) is 0 Å². The van der Waals surface area contributed by atoms with Crippen LogP contribution in [0.25, 0.3) is 0 Å². The second-order valence-corrected chi connectivity index (χ2v) is 4.04. The number of rotatable bonds is 8. The lowest BCUT2D eigenvalue weighted by atomic mass is 10.1. The van der Waals surface area contributed by atoms with Gasteiger partial charge in [-0.3, -0.25) is 0 Å². The Kier molecular flexibility index (Phi) is 6.92. The molecular formula is C11H23NO3. The highest BCUT2D eigenvalue weighted by Crippen LogP contribution is 2.14. The molecule has 0 aromatic carbocycles. The Hall–Kier alpha value is -0.160. The average molecular weight is 217 g/mol. The van der Waals surface area contributed by atoms with E-state index in [1.165, 1.54) is 12.8 Å². The van der Waals surface area contributed by atoms with Crippen LogP contribution in [-0.2, 0) is 9.47 Å². The third-order valence-electron chi connectivity index (χ3n) is 2.77. The summed E-state index contributed by atoms with van der Waals surface area (Å²) in [5.41, 5.74) is 0. The SMILES string of the molecule is COCC(CCO)NCCC1CCCO1. The smallest absolute Gasteiger partial charge is 0.0616 e. The van der Waals surface area contributed by atoms with Crippen molar-refractivity contribution >= 4 is 0 Å². The lowest BCUT2D eigenvalue weighted by molar-refractivity contribution is 0.0996. The Labute approximate surface area is 92.0 Å². The van der Waals surface area contributed by atoms with Crippen LogP contribution in [0.3, 0.4) is 0 Å². The van der Waals surface area contributed by atoms with Crippen LogP contribution in [0.5, 0.6) is 0 Å². The summed E-state index contributed by atoms with van der Waals surface area (Å²) in [5, 5.41) is 12.2.